The third-order valence-electron chi connectivity index (χ3n) is 9.08. The standard InChI is InChI=1S/C33H43FN4O/c1-23-6-3-7-26(20-23)28-22-31(27-11-12-29(34)24(2)21-27)37-30(28)8-4-9-33(39)38-18-14-25(15-19-38)10-13-32-35-16-5-17-36-32/h5,11-12,16-17,21-23,25-26,30H,3-4,6-10,13-15,18-20H2,1-2H3. The quantitative estimate of drug-likeness (QED) is 0.355. The number of carbonyl (C=O) groups is 1. The van der Waals surface area contributed by atoms with E-state index in [4.69, 9.17) is 4.99 Å². The highest BCUT2D eigenvalue weighted by atomic mass is 19.1. The lowest BCUT2D eigenvalue weighted by Gasteiger charge is -2.32. The molecule has 1 aromatic heterocycles. The summed E-state index contributed by atoms with van der Waals surface area (Å²) in [5, 5.41) is 0. The van der Waals surface area contributed by atoms with E-state index >= 15 is 0 Å². The van der Waals surface area contributed by atoms with Gasteiger partial charge in [-0.1, -0.05) is 19.8 Å². The summed E-state index contributed by atoms with van der Waals surface area (Å²) in [4.78, 5) is 28.9. The molecule has 39 heavy (non-hydrogen) atoms. The van der Waals surface area contributed by atoms with E-state index in [1.54, 1.807) is 18.5 Å². The molecule has 1 amide bonds. The van der Waals surface area contributed by atoms with Crippen LogP contribution in [0.1, 0.15) is 88.1 Å². The van der Waals surface area contributed by atoms with Gasteiger partial charge in [0.05, 0.1) is 11.8 Å². The fraction of sp³-hybridized carbons (Fsp3) is 0.576. The number of hydrogen-bond acceptors (Lipinski definition) is 4. The highest BCUT2D eigenvalue weighted by molar-refractivity contribution is 6.10. The fourth-order valence-electron chi connectivity index (χ4n) is 6.72. The van der Waals surface area contributed by atoms with E-state index in [0.29, 0.717) is 23.8 Å². The molecule has 1 saturated heterocycles. The molecule has 1 aromatic carbocycles. The molecule has 1 saturated carbocycles. The van der Waals surface area contributed by atoms with Gasteiger partial charge in [0.2, 0.25) is 5.91 Å². The van der Waals surface area contributed by atoms with Gasteiger partial charge in [-0.3, -0.25) is 9.79 Å². The molecule has 6 heteroatoms. The molecule has 3 aliphatic rings. The number of carbonyl (C=O) groups excluding carboxylic acids is 1. The molecule has 3 atom stereocenters. The van der Waals surface area contributed by atoms with Gasteiger partial charge in [0.1, 0.15) is 11.6 Å². The minimum Gasteiger partial charge on any atom is -0.343 e. The van der Waals surface area contributed by atoms with Gasteiger partial charge in [0, 0.05) is 43.9 Å². The van der Waals surface area contributed by atoms with Crippen molar-refractivity contribution in [1.82, 2.24) is 14.9 Å². The van der Waals surface area contributed by atoms with Gasteiger partial charge in [0.25, 0.3) is 0 Å². The topological polar surface area (TPSA) is 58.5 Å². The predicted molar refractivity (Wildman–Crippen MR) is 154 cm³/mol. The Morgan fingerprint density at radius 3 is 2.62 bits per heavy atom. The average Bonchev–Trinajstić information content (AvgIpc) is 3.38. The lowest BCUT2D eigenvalue weighted by atomic mass is 9.76. The zero-order valence-corrected chi connectivity index (χ0v) is 23.6. The van der Waals surface area contributed by atoms with Gasteiger partial charge in [-0.2, -0.15) is 0 Å². The van der Waals surface area contributed by atoms with Crippen LogP contribution in [0, 0.1) is 30.5 Å². The summed E-state index contributed by atoms with van der Waals surface area (Å²) in [5.41, 5.74) is 4.07. The summed E-state index contributed by atoms with van der Waals surface area (Å²) in [6.07, 6.45) is 17.4. The van der Waals surface area contributed by atoms with Crippen molar-refractivity contribution in [1.29, 1.82) is 0 Å². The first-order valence-corrected chi connectivity index (χ1v) is 15.1. The van der Waals surface area contributed by atoms with Crippen molar-refractivity contribution in [3.05, 3.63) is 71.1 Å². The molecule has 5 nitrogen and oxygen atoms in total. The molecule has 3 heterocycles. The Morgan fingerprint density at radius 2 is 1.87 bits per heavy atom. The average molecular weight is 531 g/mol. The van der Waals surface area contributed by atoms with Crippen molar-refractivity contribution < 1.29 is 9.18 Å². The molecule has 0 radical (unpaired) electrons. The summed E-state index contributed by atoms with van der Waals surface area (Å²) < 4.78 is 13.9. The number of hydrogen-bond donors (Lipinski definition) is 0. The van der Waals surface area contributed by atoms with E-state index in [-0.39, 0.29) is 17.8 Å². The van der Waals surface area contributed by atoms with E-state index in [1.165, 1.54) is 31.3 Å². The third kappa shape index (κ3) is 7.20. The number of amides is 1. The van der Waals surface area contributed by atoms with E-state index in [2.05, 4.69) is 27.9 Å². The Morgan fingerprint density at radius 1 is 1.08 bits per heavy atom. The summed E-state index contributed by atoms with van der Waals surface area (Å²) in [6, 6.07) is 7.30. The molecule has 2 aliphatic heterocycles. The summed E-state index contributed by atoms with van der Waals surface area (Å²) in [7, 11) is 0. The molecule has 3 unspecified atom stereocenters. The van der Waals surface area contributed by atoms with Gasteiger partial charge in [-0.25, -0.2) is 14.4 Å². The van der Waals surface area contributed by atoms with Crippen LogP contribution >= 0.6 is 0 Å². The van der Waals surface area contributed by atoms with Gasteiger partial charge in [-0.05, 0) is 111 Å². The first kappa shape index (κ1) is 27.7. The Bertz CT molecular complexity index is 1190. The van der Waals surface area contributed by atoms with E-state index in [9.17, 15) is 9.18 Å². The number of likely N-dealkylation sites (tertiary alicyclic amines) is 1. The zero-order chi connectivity index (χ0) is 27.2. The molecule has 5 rings (SSSR count). The van der Waals surface area contributed by atoms with Gasteiger partial charge in [-0.15, -0.1) is 0 Å². The van der Waals surface area contributed by atoms with Crippen molar-refractivity contribution in [3.8, 4) is 0 Å². The summed E-state index contributed by atoms with van der Waals surface area (Å²) in [6.45, 7) is 5.89. The Balaban J connectivity index is 1.14. The van der Waals surface area contributed by atoms with Gasteiger partial charge in [0.15, 0.2) is 0 Å². The van der Waals surface area contributed by atoms with Crippen LogP contribution in [0.25, 0.3) is 0 Å². The zero-order valence-electron chi connectivity index (χ0n) is 23.6. The third-order valence-corrected chi connectivity index (χ3v) is 9.08. The summed E-state index contributed by atoms with van der Waals surface area (Å²) >= 11 is 0. The maximum absolute atomic E-state index is 13.9. The highest BCUT2D eigenvalue weighted by Gasteiger charge is 2.31. The number of aryl methyl sites for hydroxylation is 2. The molecule has 1 aliphatic carbocycles. The first-order chi connectivity index (χ1) is 19.0. The molecule has 2 aromatic rings. The van der Waals surface area contributed by atoms with Gasteiger partial charge < -0.3 is 4.90 Å². The molecule has 208 valence electrons. The first-order valence-electron chi connectivity index (χ1n) is 15.1. The number of benzene rings is 1. The van der Waals surface area contributed by atoms with Crippen LogP contribution in [0.5, 0.6) is 0 Å². The Labute approximate surface area is 233 Å². The van der Waals surface area contributed by atoms with E-state index < -0.39 is 0 Å². The molecule has 0 spiro atoms. The minimum atomic E-state index is -0.174. The van der Waals surface area contributed by atoms with Crippen LogP contribution in [0.3, 0.4) is 0 Å². The second-order valence-corrected chi connectivity index (χ2v) is 12.0. The lowest BCUT2D eigenvalue weighted by Crippen LogP contribution is -2.38. The number of rotatable bonds is 9. The van der Waals surface area contributed by atoms with Crippen molar-refractivity contribution in [2.45, 2.75) is 90.5 Å². The van der Waals surface area contributed by atoms with Crippen LogP contribution in [0.2, 0.25) is 0 Å². The molecular weight excluding hydrogens is 487 g/mol. The largest absolute Gasteiger partial charge is 0.343 e. The van der Waals surface area contributed by atoms with Crippen molar-refractivity contribution in [2.24, 2.45) is 22.7 Å². The van der Waals surface area contributed by atoms with Gasteiger partial charge >= 0.3 is 0 Å². The van der Waals surface area contributed by atoms with Crippen molar-refractivity contribution >= 4 is 11.6 Å². The second kappa shape index (κ2) is 13.0. The molecule has 0 bridgehead atoms. The second-order valence-electron chi connectivity index (χ2n) is 12.0. The number of nitrogens with zero attached hydrogens (tertiary/aromatic N) is 4. The van der Waals surface area contributed by atoms with E-state index in [0.717, 1.165) is 74.6 Å². The normalized spacial score (nSPS) is 24.0. The van der Waals surface area contributed by atoms with Crippen LogP contribution in [-0.2, 0) is 11.2 Å². The van der Waals surface area contributed by atoms with Crippen molar-refractivity contribution in [2.75, 3.05) is 13.1 Å². The molecule has 0 N–H and O–H groups in total. The minimum absolute atomic E-state index is 0.138. The number of halogens is 1. The Hall–Kier alpha value is -2.89. The van der Waals surface area contributed by atoms with E-state index in [1.807, 2.05) is 25.1 Å². The van der Waals surface area contributed by atoms with Crippen LogP contribution in [0.4, 0.5) is 4.39 Å². The smallest absolute Gasteiger partial charge is 0.222 e. The molecule has 2 fully saturated rings. The maximum Gasteiger partial charge on any atom is 0.222 e. The SMILES string of the molecule is Cc1cc(C2=NC(CCCC(=O)N3CCC(CCc4ncccn4)CC3)C(C3CCCC(C)C3)=C2)ccc1F. The maximum atomic E-state index is 13.9. The predicted octanol–water partition coefficient (Wildman–Crippen LogP) is 6.89. The monoisotopic (exact) mass is 530 g/mol. The number of allylic oxidation sites excluding steroid dienone is 1. The summed E-state index contributed by atoms with van der Waals surface area (Å²) in [5.74, 6) is 2.98. The number of piperidine rings is 1. The lowest BCUT2D eigenvalue weighted by molar-refractivity contribution is -0.132. The highest BCUT2D eigenvalue weighted by Crippen LogP contribution is 2.39. The molecular formula is C33H43FN4O. The Kier molecular flexibility index (Phi) is 9.21. The number of aromatic nitrogens is 2. The van der Waals surface area contributed by atoms with Crippen LogP contribution in [0.15, 0.2) is 53.3 Å². The van der Waals surface area contributed by atoms with Crippen LogP contribution in [-0.4, -0.2) is 45.6 Å². The van der Waals surface area contributed by atoms with Crippen LogP contribution < -0.4 is 0 Å². The fourth-order valence-corrected chi connectivity index (χ4v) is 6.72. The number of aliphatic imine (C=N–C) groups is 1. The van der Waals surface area contributed by atoms with Crippen molar-refractivity contribution in [3.63, 3.8) is 0 Å².